The first-order chi connectivity index (χ1) is 5.25. The third kappa shape index (κ3) is 2.20. The Bertz CT molecular complexity index is 224. The van der Waals surface area contributed by atoms with E-state index in [4.69, 9.17) is 11.6 Å². The topological polar surface area (TPSA) is 17.8 Å². The molecular formula is C7H10BrClN2. The van der Waals surface area contributed by atoms with E-state index in [-0.39, 0.29) is 4.95 Å². The summed E-state index contributed by atoms with van der Waals surface area (Å²) in [5.74, 6) is 0.648. The van der Waals surface area contributed by atoms with Gasteiger partial charge in [-0.3, -0.25) is 4.68 Å². The Morgan fingerprint density at radius 2 is 2.55 bits per heavy atom. The van der Waals surface area contributed by atoms with Crippen LogP contribution in [0.15, 0.2) is 12.3 Å². The highest BCUT2D eigenvalue weighted by Crippen LogP contribution is 2.20. The lowest BCUT2D eigenvalue weighted by molar-refractivity contribution is 0.582. The second-order valence-electron chi connectivity index (χ2n) is 2.33. The molecule has 1 atom stereocenters. The maximum absolute atomic E-state index is 5.59. The first-order valence-electron chi connectivity index (χ1n) is 3.46. The number of halogens is 2. The molecule has 0 spiro atoms. The van der Waals surface area contributed by atoms with Crippen LogP contribution in [-0.2, 0) is 0 Å². The normalized spacial score (nSPS) is 13.4. The standard InChI is InChI=1S/C7H10BrClN2/c1-6-3-5-10-11(6)7(8)2-4-9/h3,5,7H,2,4H2,1H3. The zero-order chi connectivity index (χ0) is 8.27. The SMILES string of the molecule is Cc1ccnn1C(Br)CCCl. The number of rotatable bonds is 3. The molecule has 0 amide bonds. The van der Waals surface area contributed by atoms with E-state index in [0.29, 0.717) is 5.88 Å². The number of hydrogen-bond acceptors (Lipinski definition) is 1. The fourth-order valence-electron chi connectivity index (χ4n) is 0.886. The van der Waals surface area contributed by atoms with Crippen LogP contribution in [0.1, 0.15) is 17.1 Å². The van der Waals surface area contributed by atoms with Gasteiger partial charge in [0.15, 0.2) is 0 Å². The van der Waals surface area contributed by atoms with Crippen LogP contribution in [0, 0.1) is 6.92 Å². The van der Waals surface area contributed by atoms with Gasteiger partial charge in [0.2, 0.25) is 0 Å². The van der Waals surface area contributed by atoms with Crippen LogP contribution in [0.25, 0.3) is 0 Å². The van der Waals surface area contributed by atoms with E-state index in [2.05, 4.69) is 21.0 Å². The molecular weight excluding hydrogens is 227 g/mol. The summed E-state index contributed by atoms with van der Waals surface area (Å²) in [5, 5.41) is 4.15. The number of hydrogen-bond donors (Lipinski definition) is 0. The van der Waals surface area contributed by atoms with Gasteiger partial charge in [-0.15, -0.1) is 11.6 Å². The van der Waals surface area contributed by atoms with Gasteiger partial charge in [-0.25, -0.2) is 0 Å². The van der Waals surface area contributed by atoms with Crippen LogP contribution >= 0.6 is 27.5 Å². The van der Waals surface area contributed by atoms with Gasteiger partial charge in [0, 0.05) is 17.8 Å². The third-order valence-electron chi connectivity index (χ3n) is 1.48. The summed E-state index contributed by atoms with van der Waals surface area (Å²) in [6.45, 7) is 2.02. The zero-order valence-corrected chi connectivity index (χ0v) is 8.64. The van der Waals surface area contributed by atoms with Gasteiger partial charge >= 0.3 is 0 Å². The van der Waals surface area contributed by atoms with Crippen LogP contribution in [0.2, 0.25) is 0 Å². The van der Waals surface area contributed by atoms with Gasteiger partial charge in [-0.2, -0.15) is 5.10 Å². The smallest absolute Gasteiger partial charge is 0.108 e. The Morgan fingerprint density at radius 3 is 3.00 bits per heavy atom. The molecule has 0 aliphatic rings. The van der Waals surface area contributed by atoms with E-state index >= 15 is 0 Å². The maximum Gasteiger partial charge on any atom is 0.108 e. The Hall–Kier alpha value is -0.0200. The van der Waals surface area contributed by atoms with Crippen molar-refractivity contribution in [2.24, 2.45) is 0 Å². The van der Waals surface area contributed by atoms with Crippen molar-refractivity contribution in [2.45, 2.75) is 18.3 Å². The summed E-state index contributed by atoms with van der Waals surface area (Å²) in [5.41, 5.74) is 1.15. The van der Waals surface area contributed by atoms with Crippen molar-refractivity contribution in [3.05, 3.63) is 18.0 Å². The fraction of sp³-hybridized carbons (Fsp3) is 0.571. The van der Waals surface area contributed by atoms with E-state index in [1.807, 2.05) is 17.7 Å². The highest BCUT2D eigenvalue weighted by Gasteiger charge is 2.07. The molecule has 0 N–H and O–H groups in total. The second-order valence-corrected chi connectivity index (χ2v) is 3.76. The van der Waals surface area contributed by atoms with Gasteiger partial charge in [-0.05, 0) is 19.4 Å². The molecule has 1 unspecified atom stereocenters. The quantitative estimate of drug-likeness (QED) is 0.739. The fourth-order valence-corrected chi connectivity index (χ4v) is 2.01. The van der Waals surface area contributed by atoms with Crippen LogP contribution in [0.4, 0.5) is 0 Å². The van der Waals surface area contributed by atoms with E-state index in [0.717, 1.165) is 12.1 Å². The summed E-state index contributed by atoms with van der Waals surface area (Å²) in [4.78, 5) is 0.231. The van der Waals surface area contributed by atoms with Gasteiger partial charge in [0.1, 0.15) is 4.95 Å². The number of alkyl halides is 2. The summed E-state index contributed by atoms with van der Waals surface area (Å²) in [6, 6.07) is 1.97. The first kappa shape index (κ1) is 9.07. The number of nitrogens with zero attached hydrogens (tertiary/aromatic N) is 2. The van der Waals surface area contributed by atoms with Crippen molar-refractivity contribution in [3.63, 3.8) is 0 Å². The van der Waals surface area contributed by atoms with Crippen LogP contribution in [0.3, 0.4) is 0 Å². The van der Waals surface area contributed by atoms with Crippen molar-refractivity contribution in [3.8, 4) is 0 Å². The Labute approximate surface area is 79.7 Å². The van der Waals surface area contributed by atoms with Crippen molar-refractivity contribution >= 4 is 27.5 Å². The lowest BCUT2D eigenvalue weighted by Crippen LogP contribution is -2.06. The van der Waals surface area contributed by atoms with Gasteiger partial charge in [0.05, 0.1) is 0 Å². The molecule has 2 nitrogen and oxygen atoms in total. The Kier molecular flexibility index (Phi) is 3.40. The summed E-state index contributed by atoms with van der Waals surface area (Å²) < 4.78 is 1.92. The summed E-state index contributed by atoms with van der Waals surface area (Å²) in [6.07, 6.45) is 2.68. The molecule has 0 radical (unpaired) electrons. The third-order valence-corrected chi connectivity index (χ3v) is 2.54. The summed E-state index contributed by atoms with van der Waals surface area (Å²) in [7, 11) is 0. The van der Waals surface area contributed by atoms with Gasteiger partial charge in [0.25, 0.3) is 0 Å². The van der Waals surface area contributed by atoms with E-state index in [1.165, 1.54) is 0 Å². The molecule has 0 fully saturated rings. The highest BCUT2D eigenvalue weighted by atomic mass is 79.9. The molecule has 62 valence electrons. The molecule has 0 aromatic carbocycles. The zero-order valence-electron chi connectivity index (χ0n) is 6.30. The molecule has 1 aromatic heterocycles. The molecule has 1 aromatic rings. The molecule has 4 heteroatoms. The molecule has 0 bridgehead atoms. The van der Waals surface area contributed by atoms with Crippen molar-refractivity contribution < 1.29 is 0 Å². The van der Waals surface area contributed by atoms with E-state index in [9.17, 15) is 0 Å². The first-order valence-corrected chi connectivity index (χ1v) is 4.91. The molecule has 0 aliphatic heterocycles. The summed E-state index contributed by atoms with van der Waals surface area (Å²) >= 11 is 9.09. The molecule has 1 heterocycles. The van der Waals surface area contributed by atoms with Crippen LogP contribution in [0.5, 0.6) is 0 Å². The molecule has 0 saturated heterocycles. The molecule has 1 rings (SSSR count). The second kappa shape index (κ2) is 4.12. The van der Waals surface area contributed by atoms with Crippen molar-refractivity contribution in [1.29, 1.82) is 0 Å². The predicted octanol–water partition coefficient (Wildman–Crippen LogP) is 2.71. The Morgan fingerprint density at radius 1 is 1.82 bits per heavy atom. The van der Waals surface area contributed by atoms with Crippen LogP contribution < -0.4 is 0 Å². The highest BCUT2D eigenvalue weighted by molar-refractivity contribution is 9.09. The minimum Gasteiger partial charge on any atom is -0.256 e. The lowest BCUT2D eigenvalue weighted by atomic mass is 10.4. The molecule has 0 aliphatic carbocycles. The largest absolute Gasteiger partial charge is 0.256 e. The minimum absolute atomic E-state index is 0.231. The number of aryl methyl sites for hydroxylation is 1. The van der Waals surface area contributed by atoms with Crippen molar-refractivity contribution in [2.75, 3.05) is 5.88 Å². The Balaban J connectivity index is 2.67. The average molecular weight is 238 g/mol. The van der Waals surface area contributed by atoms with Gasteiger partial charge in [-0.1, -0.05) is 15.9 Å². The van der Waals surface area contributed by atoms with Gasteiger partial charge < -0.3 is 0 Å². The molecule has 0 saturated carbocycles. The maximum atomic E-state index is 5.59. The monoisotopic (exact) mass is 236 g/mol. The number of aromatic nitrogens is 2. The van der Waals surface area contributed by atoms with E-state index in [1.54, 1.807) is 6.20 Å². The predicted molar refractivity (Wildman–Crippen MR) is 50.3 cm³/mol. The lowest BCUT2D eigenvalue weighted by Gasteiger charge is -2.09. The van der Waals surface area contributed by atoms with Crippen molar-refractivity contribution in [1.82, 2.24) is 9.78 Å². The van der Waals surface area contributed by atoms with Crippen LogP contribution in [-0.4, -0.2) is 15.7 Å². The minimum atomic E-state index is 0.231. The van der Waals surface area contributed by atoms with E-state index < -0.39 is 0 Å². The molecule has 11 heavy (non-hydrogen) atoms. The average Bonchev–Trinajstić information content (AvgIpc) is 2.36.